The maximum atomic E-state index is 12.0. The van der Waals surface area contributed by atoms with Crippen molar-refractivity contribution in [1.29, 1.82) is 0 Å². The molecule has 0 atom stereocenters. The van der Waals surface area contributed by atoms with Crippen molar-refractivity contribution in [2.45, 2.75) is 20.0 Å². The van der Waals surface area contributed by atoms with Gasteiger partial charge in [0.1, 0.15) is 12.4 Å². The van der Waals surface area contributed by atoms with Crippen LogP contribution in [0.15, 0.2) is 42.7 Å². The standard InChI is InChI=1S/C15H16N4O/c1-11-8-12-4-2-3-5-13(12)19(11)10-15(20)18-9-14-16-6-7-17-14/h2-8H,9-10H2,1H3,(H,16,17)(H,18,20). The third kappa shape index (κ3) is 2.42. The number of amides is 1. The second-order valence-corrected chi connectivity index (χ2v) is 4.74. The Bertz CT molecular complexity index is 728. The monoisotopic (exact) mass is 268 g/mol. The largest absolute Gasteiger partial charge is 0.347 e. The molecule has 1 amide bonds. The van der Waals surface area contributed by atoms with E-state index in [1.54, 1.807) is 12.4 Å². The normalized spacial score (nSPS) is 10.8. The number of imidazole rings is 1. The van der Waals surface area contributed by atoms with Gasteiger partial charge in [-0.2, -0.15) is 0 Å². The number of rotatable bonds is 4. The predicted octanol–water partition coefficient (Wildman–Crippen LogP) is 1.99. The molecule has 0 spiro atoms. The maximum absolute atomic E-state index is 12.0. The van der Waals surface area contributed by atoms with Gasteiger partial charge in [0.15, 0.2) is 0 Å². The van der Waals surface area contributed by atoms with Gasteiger partial charge >= 0.3 is 0 Å². The van der Waals surface area contributed by atoms with Crippen molar-refractivity contribution < 1.29 is 4.79 Å². The second kappa shape index (κ2) is 5.21. The van der Waals surface area contributed by atoms with Crippen LogP contribution in [-0.2, 0) is 17.9 Å². The molecule has 3 rings (SSSR count). The van der Waals surface area contributed by atoms with Crippen molar-refractivity contribution in [3.63, 3.8) is 0 Å². The van der Waals surface area contributed by atoms with Gasteiger partial charge in [-0.3, -0.25) is 4.79 Å². The molecule has 2 aromatic heterocycles. The van der Waals surface area contributed by atoms with Gasteiger partial charge in [-0.05, 0) is 24.4 Å². The molecule has 0 aliphatic carbocycles. The predicted molar refractivity (Wildman–Crippen MR) is 77.1 cm³/mol. The average molecular weight is 268 g/mol. The Morgan fingerprint density at radius 1 is 1.40 bits per heavy atom. The van der Waals surface area contributed by atoms with Crippen LogP contribution in [0.3, 0.4) is 0 Å². The molecule has 0 bridgehead atoms. The summed E-state index contributed by atoms with van der Waals surface area (Å²) in [6.45, 7) is 2.75. The molecule has 1 aromatic carbocycles. The molecule has 102 valence electrons. The highest BCUT2D eigenvalue weighted by Crippen LogP contribution is 2.18. The van der Waals surface area contributed by atoms with Crippen LogP contribution in [0.2, 0.25) is 0 Å². The van der Waals surface area contributed by atoms with Crippen molar-refractivity contribution in [1.82, 2.24) is 19.9 Å². The zero-order valence-corrected chi connectivity index (χ0v) is 11.3. The van der Waals surface area contributed by atoms with E-state index in [-0.39, 0.29) is 5.91 Å². The minimum atomic E-state index is -0.0224. The maximum Gasteiger partial charge on any atom is 0.240 e. The summed E-state index contributed by atoms with van der Waals surface area (Å²) in [6, 6.07) is 10.2. The molecule has 3 aromatic rings. The molecular weight excluding hydrogens is 252 g/mol. The topological polar surface area (TPSA) is 62.7 Å². The minimum Gasteiger partial charge on any atom is -0.347 e. The van der Waals surface area contributed by atoms with Crippen molar-refractivity contribution in [2.75, 3.05) is 0 Å². The number of aromatic amines is 1. The second-order valence-electron chi connectivity index (χ2n) is 4.74. The Morgan fingerprint density at radius 3 is 3.05 bits per heavy atom. The average Bonchev–Trinajstić information content (AvgIpc) is 3.06. The molecule has 0 aliphatic heterocycles. The van der Waals surface area contributed by atoms with Crippen LogP contribution in [0, 0.1) is 6.92 Å². The van der Waals surface area contributed by atoms with Gasteiger partial charge in [0, 0.05) is 23.6 Å². The van der Waals surface area contributed by atoms with Crippen LogP contribution >= 0.6 is 0 Å². The highest BCUT2D eigenvalue weighted by atomic mass is 16.1. The van der Waals surface area contributed by atoms with Crippen molar-refractivity contribution in [2.24, 2.45) is 0 Å². The Hall–Kier alpha value is -2.56. The number of para-hydroxylation sites is 1. The molecule has 0 unspecified atom stereocenters. The Kier molecular flexibility index (Phi) is 3.25. The lowest BCUT2D eigenvalue weighted by Gasteiger charge is -2.08. The van der Waals surface area contributed by atoms with E-state index in [1.165, 1.54) is 0 Å². The van der Waals surface area contributed by atoms with Gasteiger partial charge in [0.2, 0.25) is 5.91 Å². The summed E-state index contributed by atoms with van der Waals surface area (Å²) in [5, 5.41) is 4.02. The number of aromatic nitrogens is 3. The number of nitrogens with zero attached hydrogens (tertiary/aromatic N) is 2. The number of aryl methyl sites for hydroxylation is 1. The van der Waals surface area contributed by atoms with Crippen LogP contribution in [0.25, 0.3) is 10.9 Å². The van der Waals surface area contributed by atoms with E-state index in [9.17, 15) is 4.79 Å². The lowest BCUT2D eigenvalue weighted by Crippen LogP contribution is -2.27. The van der Waals surface area contributed by atoms with E-state index in [4.69, 9.17) is 0 Å². The first kappa shape index (κ1) is 12.5. The molecule has 5 heteroatoms. The molecule has 20 heavy (non-hydrogen) atoms. The summed E-state index contributed by atoms with van der Waals surface area (Å²) in [7, 11) is 0. The lowest BCUT2D eigenvalue weighted by molar-refractivity contribution is -0.121. The number of nitrogens with one attached hydrogen (secondary N) is 2. The lowest BCUT2D eigenvalue weighted by atomic mass is 10.2. The van der Waals surface area contributed by atoms with E-state index >= 15 is 0 Å². The van der Waals surface area contributed by atoms with Crippen molar-refractivity contribution in [3.8, 4) is 0 Å². The van der Waals surface area contributed by atoms with E-state index < -0.39 is 0 Å². The fourth-order valence-electron chi connectivity index (χ4n) is 2.33. The summed E-state index contributed by atoms with van der Waals surface area (Å²) in [6.07, 6.45) is 3.41. The number of carbonyl (C=O) groups excluding carboxylic acids is 1. The summed E-state index contributed by atoms with van der Waals surface area (Å²) in [4.78, 5) is 19.1. The number of benzene rings is 1. The van der Waals surface area contributed by atoms with Gasteiger partial charge in [-0.25, -0.2) is 4.98 Å². The fraction of sp³-hybridized carbons (Fsp3) is 0.200. The number of hydrogen-bond donors (Lipinski definition) is 2. The summed E-state index contributed by atoms with van der Waals surface area (Å²) in [5.41, 5.74) is 2.16. The number of H-pyrrole nitrogens is 1. The first-order valence-corrected chi connectivity index (χ1v) is 6.54. The SMILES string of the molecule is Cc1cc2ccccc2n1CC(=O)NCc1ncc[nH]1. The van der Waals surface area contributed by atoms with Crippen LogP contribution in [0.4, 0.5) is 0 Å². The molecule has 2 N–H and O–H groups in total. The number of hydrogen-bond acceptors (Lipinski definition) is 2. The smallest absolute Gasteiger partial charge is 0.240 e. The molecule has 0 saturated carbocycles. The van der Waals surface area contributed by atoms with Gasteiger partial charge in [0.25, 0.3) is 0 Å². The Labute approximate surface area is 116 Å². The Balaban J connectivity index is 1.72. The fourth-order valence-corrected chi connectivity index (χ4v) is 2.33. The van der Waals surface area contributed by atoms with E-state index in [1.807, 2.05) is 29.7 Å². The number of fused-ring (bicyclic) bond motifs is 1. The first-order valence-electron chi connectivity index (χ1n) is 6.54. The minimum absolute atomic E-state index is 0.0224. The third-order valence-corrected chi connectivity index (χ3v) is 3.33. The van der Waals surface area contributed by atoms with Crippen LogP contribution in [0.1, 0.15) is 11.5 Å². The van der Waals surface area contributed by atoms with Crippen LogP contribution in [0.5, 0.6) is 0 Å². The van der Waals surface area contributed by atoms with E-state index in [2.05, 4.69) is 27.4 Å². The molecular formula is C15H16N4O. The van der Waals surface area contributed by atoms with Crippen molar-refractivity contribution in [3.05, 3.63) is 54.2 Å². The van der Waals surface area contributed by atoms with Crippen LogP contribution < -0.4 is 5.32 Å². The van der Waals surface area contributed by atoms with E-state index in [0.29, 0.717) is 13.1 Å². The van der Waals surface area contributed by atoms with Gasteiger partial charge in [-0.1, -0.05) is 18.2 Å². The molecule has 0 saturated heterocycles. The highest BCUT2D eigenvalue weighted by Gasteiger charge is 2.09. The molecule has 2 heterocycles. The van der Waals surface area contributed by atoms with Gasteiger partial charge < -0.3 is 14.9 Å². The van der Waals surface area contributed by atoms with E-state index in [0.717, 1.165) is 22.4 Å². The molecule has 5 nitrogen and oxygen atoms in total. The highest BCUT2D eigenvalue weighted by molar-refractivity contribution is 5.84. The first-order chi connectivity index (χ1) is 9.74. The summed E-state index contributed by atoms with van der Waals surface area (Å²) < 4.78 is 2.02. The zero-order valence-electron chi connectivity index (χ0n) is 11.3. The van der Waals surface area contributed by atoms with Crippen LogP contribution in [-0.4, -0.2) is 20.4 Å². The third-order valence-electron chi connectivity index (χ3n) is 3.33. The van der Waals surface area contributed by atoms with Gasteiger partial charge in [0.05, 0.1) is 6.54 Å². The molecule has 0 radical (unpaired) electrons. The molecule has 0 aliphatic rings. The molecule has 0 fully saturated rings. The zero-order chi connectivity index (χ0) is 13.9. The quantitative estimate of drug-likeness (QED) is 0.760. The summed E-state index contributed by atoms with van der Waals surface area (Å²) in [5.74, 6) is 0.735. The summed E-state index contributed by atoms with van der Waals surface area (Å²) >= 11 is 0. The Morgan fingerprint density at radius 2 is 2.25 bits per heavy atom. The van der Waals surface area contributed by atoms with Gasteiger partial charge in [-0.15, -0.1) is 0 Å². The number of carbonyl (C=O) groups is 1. The van der Waals surface area contributed by atoms with Crippen molar-refractivity contribution >= 4 is 16.8 Å².